The first-order valence-electron chi connectivity index (χ1n) is 4.87. The number of hydrogen-bond donors (Lipinski definition) is 2. The van der Waals surface area contributed by atoms with Crippen LogP contribution in [0.3, 0.4) is 0 Å². The largest absolute Gasteiger partial charge is 0.495 e. The third-order valence-corrected chi connectivity index (χ3v) is 2.82. The van der Waals surface area contributed by atoms with Crippen molar-refractivity contribution < 1.29 is 9.53 Å². The lowest BCUT2D eigenvalue weighted by atomic mass is 10.1. The number of carbonyl (C=O) groups excluding carboxylic acids is 1. The van der Waals surface area contributed by atoms with Crippen molar-refractivity contribution >= 4 is 27.5 Å². The first-order valence-corrected chi connectivity index (χ1v) is 5.66. The number of ether oxygens (including phenoxy) is 1. The molecule has 1 amide bonds. The van der Waals surface area contributed by atoms with Crippen LogP contribution in [-0.2, 0) is 4.79 Å². The van der Waals surface area contributed by atoms with E-state index in [9.17, 15) is 4.79 Å². The summed E-state index contributed by atoms with van der Waals surface area (Å²) < 4.78 is 6.05. The molecule has 1 aromatic rings. The van der Waals surface area contributed by atoms with E-state index >= 15 is 0 Å². The van der Waals surface area contributed by atoms with Gasteiger partial charge in [-0.1, -0.05) is 15.9 Å². The molecular weight excluding hydrogens is 272 g/mol. The van der Waals surface area contributed by atoms with Gasteiger partial charge >= 0.3 is 0 Å². The summed E-state index contributed by atoms with van der Waals surface area (Å²) >= 11 is 3.41. The van der Waals surface area contributed by atoms with E-state index in [-0.39, 0.29) is 11.9 Å². The van der Waals surface area contributed by atoms with Gasteiger partial charge < -0.3 is 15.8 Å². The van der Waals surface area contributed by atoms with Crippen molar-refractivity contribution in [1.82, 2.24) is 0 Å². The fourth-order valence-corrected chi connectivity index (χ4v) is 2.19. The zero-order chi connectivity index (χ0) is 12.3. The standard InChI is InChI=1S/C11H15BrN2O2/c1-6(13)10-8(12)4-5-9(16-3)11(10)14-7(2)15/h4-6H,13H2,1-3H3,(H,14,15). The summed E-state index contributed by atoms with van der Waals surface area (Å²) in [5.41, 5.74) is 7.33. The fraction of sp³-hybridized carbons (Fsp3) is 0.364. The van der Waals surface area contributed by atoms with E-state index in [4.69, 9.17) is 10.5 Å². The highest BCUT2D eigenvalue weighted by Gasteiger charge is 2.16. The zero-order valence-corrected chi connectivity index (χ0v) is 11.1. The van der Waals surface area contributed by atoms with Crippen LogP contribution in [0.1, 0.15) is 25.5 Å². The van der Waals surface area contributed by atoms with E-state index in [2.05, 4.69) is 21.2 Å². The molecule has 0 radical (unpaired) electrons. The lowest BCUT2D eigenvalue weighted by molar-refractivity contribution is -0.114. The van der Waals surface area contributed by atoms with Crippen LogP contribution < -0.4 is 15.8 Å². The highest BCUT2D eigenvalue weighted by molar-refractivity contribution is 9.10. The first-order chi connectivity index (χ1) is 7.47. The minimum absolute atomic E-state index is 0.154. The van der Waals surface area contributed by atoms with Gasteiger partial charge in [-0.25, -0.2) is 0 Å². The lowest BCUT2D eigenvalue weighted by Crippen LogP contribution is -2.14. The summed E-state index contributed by atoms with van der Waals surface area (Å²) in [7, 11) is 1.56. The Morgan fingerprint density at radius 1 is 1.56 bits per heavy atom. The Labute approximate surface area is 103 Å². The Morgan fingerprint density at radius 2 is 2.19 bits per heavy atom. The lowest BCUT2D eigenvalue weighted by Gasteiger charge is -2.18. The number of carbonyl (C=O) groups is 1. The zero-order valence-electron chi connectivity index (χ0n) is 9.50. The predicted octanol–water partition coefficient (Wildman–Crippen LogP) is 2.44. The first kappa shape index (κ1) is 13.0. The molecule has 0 saturated carbocycles. The van der Waals surface area contributed by atoms with Crippen molar-refractivity contribution in [3.63, 3.8) is 0 Å². The Morgan fingerprint density at radius 3 is 2.62 bits per heavy atom. The number of methoxy groups -OCH3 is 1. The van der Waals surface area contributed by atoms with Crippen LogP contribution in [0, 0.1) is 0 Å². The summed E-state index contributed by atoms with van der Waals surface area (Å²) in [4.78, 5) is 11.1. The van der Waals surface area contributed by atoms with E-state index in [1.54, 1.807) is 13.2 Å². The molecule has 0 aliphatic rings. The van der Waals surface area contributed by atoms with Crippen molar-refractivity contribution in [2.45, 2.75) is 19.9 Å². The molecule has 0 aromatic heterocycles. The summed E-state index contributed by atoms with van der Waals surface area (Å²) in [6, 6.07) is 3.43. The maximum atomic E-state index is 11.1. The average Bonchev–Trinajstić information content (AvgIpc) is 2.16. The minimum Gasteiger partial charge on any atom is -0.495 e. The molecule has 1 unspecified atom stereocenters. The molecule has 4 nitrogen and oxygen atoms in total. The van der Waals surface area contributed by atoms with Gasteiger partial charge in [-0.05, 0) is 19.1 Å². The molecule has 0 fully saturated rings. The molecule has 1 aromatic carbocycles. The number of anilines is 1. The number of hydrogen-bond acceptors (Lipinski definition) is 3. The second-order valence-corrected chi connectivity index (χ2v) is 4.36. The molecule has 3 N–H and O–H groups in total. The number of benzene rings is 1. The van der Waals surface area contributed by atoms with Gasteiger partial charge in [-0.2, -0.15) is 0 Å². The van der Waals surface area contributed by atoms with Crippen LogP contribution in [0.25, 0.3) is 0 Å². The van der Waals surface area contributed by atoms with Gasteiger partial charge in [0.1, 0.15) is 5.75 Å². The van der Waals surface area contributed by atoms with Crippen molar-refractivity contribution in [3.05, 3.63) is 22.2 Å². The number of rotatable bonds is 3. The van der Waals surface area contributed by atoms with Crippen LogP contribution in [0.5, 0.6) is 5.75 Å². The Bertz CT molecular complexity index is 405. The van der Waals surface area contributed by atoms with Crippen molar-refractivity contribution in [1.29, 1.82) is 0 Å². The van der Waals surface area contributed by atoms with E-state index < -0.39 is 0 Å². The molecule has 0 aliphatic heterocycles. The van der Waals surface area contributed by atoms with E-state index in [1.165, 1.54) is 6.92 Å². The third kappa shape index (κ3) is 2.74. The number of amides is 1. The van der Waals surface area contributed by atoms with Crippen LogP contribution in [-0.4, -0.2) is 13.0 Å². The summed E-state index contributed by atoms with van der Waals surface area (Å²) in [6.07, 6.45) is 0. The van der Waals surface area contributed by atoms with E-state index in [0.29, 0.717) is 11.4 Å². The van der Waals surface area contributed by atoms with Gasteiger partial charge in [-0.3, -0.25) is 4.79 Å². The van der Waals surface area contributed by atoms with Crippen molar-refractivity contribution in [3.8, 4) is 5.75 Å². The highest BCUT2D eigenvalue weighted by Crippen LogP contribution is 2.37. The Hall–Kier alpha value is -1.07. The van der Waals surface area contributed by atoms with Crippen LogP contribution in [0.4, 0.5) is 5.69 Å². The maximum Gasteiger partial charge on any atom is 0.221 e. The number of halogens is 1. The average molecular weight is 287 g/mol. The highest BCUT2D eigenvalue weighted by atomic mass is 79.9. The molecule has 16 heavy (non-hydrogen) atoms. The second-order valence-electron chi connectivity index (χ2n) is 3.51. The van der Waals surface area contributed by atoms with Gasteiger partial charge in [0.25, 0.3) is 0 Å². The molecule has 0 spiro atoms. The molecule has 0 bridgehead atoms. The van der Waals surface area contributed by atoms with Crippen LogP contribution >= 0.6 is 15.9 Å². The van der Waals surface area contributed by atoms with Gasteiger partial charge in [0.15, 0.2) is 0 Å². The summed E-state index contributed by atoms with van der Waals surface area (Å²) in [5.74, 6) is 0.448. The fourth-order valence-electron chi connectivity index (χ4n) is 1.49. The van der Waals surface area contributed by atoms with Gasteiger partial charge in [0.05, 0.1) is 12.8 Å². The third-order valence-electron chi connectivity index (χ3n) is 2.13. The van der Waals surface area contributed by atoms with Gasteiger partial charge in [-0.15, -0.1) is 0 Å². The Kier molecular flexibility index (Phi) is 4.32. The molecule has 0 saturated heterocycles. The molecule has 0 heterocycles. The smallest absolute Gasteiger partial charge is 0.221 e. The van der Waals surface area contributed by atoms with Crippen molar-refractivity contribution in [2.75, 3.05) is 12.4 Å². The number of nitrogens with one attached hydrogen (secondary N) is 1. The topological polar surface area (TPSA) is 64.3 Å². The SMILES string of the molecule is COc1ccc(Br)c(C(C)N)c1NC(C)=O. The van der Waals surface area contributed by atoms with Crippen LogP contribution in [0.15, 0.2) is 16.6 Å². The van der Waals surface area contributed by atoms with Crippen molar-refractivity contribution in [2.24, 2.45) is 5.73 Å². The molecule has 1 atom stereocenters. The Balaban J connectivity index is 3.36. The normalized spacial score (nSPS) is 12.1. The van der Waals surface area contributed by atoms with Gasteiger partial charge in [0.2, 0.25) is 5.91 Å². The quantitative estimate of drug-likeness (QED) is 0.897. The molecular formula is C11H15BrN2O2. The molecule has 0 aliphatic carbocycles. The second kappa shape index (κ2) is 5.32. The minimum atomic E-state index is -0.202. The maximum absolute atomic E-state index is 11.1. The van der Waals surface area contributed by atoms with Crippen LogP contribution in [0.2, 0.25) is 0 Å². The number of nitrogens with two attached hydrogens (primary N) is 1. The van der Waals surface area contributed by atoms with E-state index in [1.807, 2.05) is 13.0 Å². The van der Waals surface area contributed by atoms with Gasteiger partial charge in [0, 0.05) is 23.0 Å². The van der Waals surface area contributed by atoms with E-state index in [0.717, 1.165) is 10.0 Å². The molecule has 1 rings (SSSR count). The monoisotopic (exact) mass is 286 g/mol. The molecule has 88 valence electrons. The molecule has 5 heteroatoms. The summed E-state index contributed by atoms with van der Waals surface area (Å²) in [5, 5.41) is 2.74. The predicted molar refractivity (Wildman–Crippen MR) is 67.6 cm³/mol. The summed E-state index contributed by atoms with van der Waals surface area (Å²) in [6.45, 7) is 3.30.